The molecule has 1 aliphatic rings. The molecule has 1 aliphatic heterocycles. The maximum Gasteiger partial charge on any atom is 0.410 e. The van der Waals surface area contributed by atoms with Crippen LogP contribution in [0.1, 0.15) is 58.3 Å². The number of carbonyl (C=O) groups excluding carboxylic acids is 2. The van der Waals surface area contributed by atoms with Crippen molar-refractivity contribution in [2.24, 2.45) is 0 Å². The maximum atomic E-state index is 15.1. The van der Waals surface area contributed by atoms with Crippen LogP contribution in [0, 0.1) is 15.9 Å². The third-order valence-electron chi connectivity index (χ3n) is 8.05. The summed E-state index contributed by atoms with van der Waals surface area (Å²) in [7, 11) is -2.90. The van der Waals surface area contributed by atoms with E-state index in [0.29, 0.717) is 6.42 Å². The van der Waals surface area contributed by atoms with Gasteiger partial charge in [-0.05, 0) is 64.6 Å². The van der Waals surface area contributed by atoms with E-state index in [1.807, 2.05) is 36.4 Å². The minimum absolute atomic E-state index is 0.0588. The summed E-state index contributed by atoms with van der Waals surface area (Å²) in [6.07, 6.45) is -0.182. The summed E-state index contributed by atoms with van der Waals surface area (Å²) in [4.78, 5) is 40.9. The van der Waals surface area contributed by atoms with Crippen LogP contribution in [-0.4, -0.2) is 72.9 Å². The minimum atomic E-state index is -2.90. The molecule has 0 bridgehead atoms. The van der Waals surface area contributed by atoms with Crippen LogP contribution in [0.15, 0.2) is 77.3 Å². The molecule has 0 unspecified atom stereocenters. The molecule has 1 fully saturated rings. The number of carbonyl (C=O) groups is 2. The molecule has 0 saturated carbocycles. The fourth-order valence-electron chi connectivity index (χ4n) is 5.97. The molecule has 3 aromatic rings. The number of ether oxygens (including phenoxy) is 1. The van der Waals surface area contributed by atoms with Gasteiger partial charge in [0, 0.05) is 32.3 Å². The van der Waals surface area contributed by atoms with E-state index < -0.39 is 54.0 Å². The smallest absolute Gasteiger partial charge is 0.410 e. The minimum Gasteiger partial charge on any atom is -0.444 e. The Kier molecular flexibility index (Phi) is 10.7. The Bertz CT molecular complexity index is 1520. The highest BCUT2D eigenvalue weighted by Crippen LogP contribution is 2.37. The van der Waals surface area contributed by atoms with E-state index in [0.717, 1.165) is 22.5 Å². The van der Waals surface area contributed by atoms with Crippen LogP contribution in [0.4, 0.5) is 14.9 Å². The molecule has 2 amide bonds. The lowest BCUT2D eigenvalue weighted by Gasteiger charge is -2.45. The van der Waals surface area contributed by atoms with Gasteiger partial charge < -0.3 is 19.0 Å². The molecule has 46 heavy (non-hydrogen) atoms. The third kappa shape index (κ3) is 7.67. The molecular weight excluding hydrogens is 673 g/mol. The van der Waals surface area contributed by atoms with Crippen LogP contribution in [0.2, 0.25) is 5.04 Å². The van der Waals surface area contributed by atoms with Gasteiger partial charge in [0.25, 0.3) is 19.9 Å². The highest BCUT2D eigenvalue weighted by Gasteiger charge is 2.50. The van der Waals surface area contributed by atoms with Crippen molar-refractivity contribution in [1.82, 2.24) is 9.80 Å². The standard InChI is InChI=1S/C34H41BrFN3O6Si/c1-33(2,3)45-32(41)37-18-19-38(31(40)27-21-30(39(42)43)28(35)22-29(27)36)24(23-37)17-20-44-46(34(4,5)6,25-13-9-7-10-14-25)26-15-11-8-12-16-26/h7-16,21-22,24H,17-20,23H2,1-6H3/t24-/m0/s1. The summed E-state index contributed by atoms with van der Waals surface area (Å²) in [5, 5.41) is 13.5. The Hall–Kier alpha value is -3.61. The molecule has 246 valence electrons. The quantitative estimate of drug-likeness (QED) is 0.150. The van der Waals surface area contributed by atoms with Gasteiger partial charge in [-0.25, -0.2) is 9.18 Å². The lowest BCUT2D eigenvalue weighted by Crippen LogP contribution is -2.67. The zero-order chi connectivity index (χ0) is 33.9. The second-order valence-corrected chi connectivity index (χ2v) is 18.6. The van der Waals surface area contributed by atoms with E-state index in [-0.39, 0.29) is 35.8 Å². The van der Waals surface area contributed by atoms with Crippen molar-refractivity contribution in [3.63, 3.8) is 0 Å². The predicted molar refractivity (Wildman–Crippen MR) is 182 cm³/mol. The van der Waals surface area contributed by atoms with Gasteiger partial charge in [0.15, 0.2) is 0 Å². The van der Waals surface area contributed by atoms with Gasteiger partial charge >= 0.3 is 6.09 Å². The van der Waals surface area contributed by atoms with Gasteiger partial charge in [-0.1, -0.05) is 81.4 Å². The Balaban J connectivity index is 1.69. The Labute approximate surface area is 279 Å². The lowest BCUT2D eigenvalue weighted by atomic mass is 10.1. The molecule has 3 aromatic carbocycles. The maximum absolute atomic E-state index is 15.1. The average Bonchev–Trinajstić information content (AvgIpc) is 2.98. The molecule has 4 rings (SSSR count). The molecular formula is C34H41BrFN3O6Si. The number of nitro groups is 1. The first-order valence-corrected chi connectivity index (χ1v) is 17.9. The second kappa shape index (κ2) is 14.0. The summed E-state index contributed by atoms with van der Waals surface area (Å²) in [5.41, 5.74) is -1.53. The van der Waals surface area contributed by atoms with Crippen LogP contribution in [0.25, 0.3) is 0 Å². The Morgan fingerprint density at radius 3 is 2.04 bits per heavy atom. The van der Waals surface area contributed by atoms with Crippen molar-refractivity contribution in [2.75, 3.05) is 26.2 Å². The van der Waals surface area contributed by atoms with Gasteiger partial charge in [-0.3, -0.25) is 14.9 Å². The summed E-state index contributed by atoms with van der Waals surface area (Å²) in [6.45, 7) is 12.5. The summed E-state index contributed by atoms with van der Waals surface area (Å²) < 4.78 is 27.8. The second-order valence-electron chi connectivity index (χ2n) is 13.4. The SMILES string of the molecule is CC(C)(C)OC(=O)N1CCN(C(=O)c2cc([N+](=O)[O-])c(Br)cc2F)[C@@H](CCO[Si](c2ccccc2)(c2ccccc2)C(C)(C)C)C1. The van der Waals surface area contributed by atoms with Gasteiger partial charge in [-0.15, -0.1) is 0 Å². The van der Waals surface area contributed by atoms with Crippen molar-refractivity contribution in [3.05, 3.63) is 98.8 Å². The predicted octanol–water partition coefficient (Wildman–Crippen LogP) is 6.52. The number of nitrogens with zero attached hydrogens (tertiary/aromatic N) is 3. The molecule has 12 heteroatoms. The number of benzene rings is 3. The summed E-state index contributed by atoms with van der Waals surface area (Å²) in [6, 6.07) is 21.6. The van der Waals surface area contributed by atoms with Gasteiger partial charge in [0.05, 0.1) is 21.0 Å². The molecule has 1 heterocycles. The number of hydrogen-bond donors (Lipinski definition) is 0. The lowest BCUT2D eigenvalue weighted by molar-refractivity contribution is -0.385. The fraction of sp³-hybridized carbons (Fsp3) is 0.412. The summed E-state index contributed by atoms with van der Waals surface area (Å²) >= 11 is 3.02. The first-order valence-electron chi connectivity index (χ1n) is 15.2. The molecule has 0 radical (unpaired) electrons. The van der Waals surface area contributed by atoms with Crippen LogP contribution in [0.5, 0.6) is 0 Å². The topological polar surface area (TPSA) is 102 Å². The van der Waals surface area contributed by atoms with E-state index in [9.17, 15) is 19.7 Å². The average molecular weight is 715 g/mol. The monoisotopic (exact) mass is 713 g/mol. The Morgan fingerprint density at radius 2 is 1.54 bits per heavy atom. The normalized spacial score (nSPS) is 15.9. The van der Waals surface area contributed by atoms with E-state index in [1.54, 1.807) is 25.7 Å². The Morgan fingerprint density at radius 1 is 0.978 bits per heavy atom. The van der Waals surface area contributed by atoms with Crippen molar-refractivity contribution in [3.8, 4) is 0 Å². The molecule has 0 spiro atoms. The van der Waals surface area contributed by atoms with Crippen molar-refractivity contribution >= 4 is 52.3 Å². The number of hydrogen-bond acceptors (Lipinski definition) is 6. The zero-order valence-electron chi connectivity index (χ0n) is 27.1. The van der Waals surface area contributed by atoms with E-state index in [4.69, 9.17) is 9.16 Å². The zero-order valence-corrected chi connectivity index (χ0v) is 29.7. The first kappa shape index (κ1) is 35.2. The number of nitro benzene ring substituents is 1. The largest absolute Gasteiger partial charge is 0.444 e. The van der Waals surface area contributed by atoms with Crippen LogP contribution >= 0.6 is 15.9 Å². The summed E-state index contributed by atoms with van der Waals surface area (Å²) in [5.74, 6) is -1.56. The molecule has 1 saturated heterocycles. The van der Waals surface area contributed by atoms with E-state index in [2.05, 4.69) is 61.0 Å². The van der Waals surface area contributed by atoms with Crippen molar-refractivity contribution < 1.29 is 28.1 Å². The van der Waals surface area contributed by atoms with Crippen molar-refractivity contribution in [2.45, 2.75) is 64.6 Å². The molecule has 0 aromatic heterocycles. The van der Waals surface area contributed by atoms with Gasteiger partial charge in [0.2, 0.25) is 0 Å². The molecule has 0 N–H and O–H groups in total. The van der Waals surface area contributed by atoms with Crippen LogP contribution in [0.3, 0.4) is 0 Å². The molecule has 1 atom stereocenters. The highest BCUT2D eigenvalue weighted by molar-refractivity contribution is 9.10. The highest BCUT2D eigenvalue weighted by atomic mass is 79.9. The third-order valence-corrected chi connectivity index (χ3v) is 13.7. The van der Waals surface area contributed by atoms with Gasteiger partial charge in [-0.2, -0.15) is 0 Å². The van der Waals surface area contributed by atoms with E-state index in [1.165, 1.54) is 4.90 Å². The number of piperazine rings is 1. The van der Waals surface area contributed by atoms with Crippen LogP contribution in [-0.2, 0) is 9.16 Å². The fourth-order valence-corrected chi connectivity index (χ4v) is 11.0. The van der Waals surface area contributed by atoms with Gasteiger partial charge in [0.1, 0.15) is 11.4 Å². The number of amides is 2. The van der Waals surface area contributed by atoms with E-state index >= 15 is 4.39 Å². The molecule has 9 nitrogen and oxygen atoms in total. The first-order chi connectivity index (χ1) is 21.5. The van der Waals surface area contributed by atoms with Crippen molar-refractivity contribution in [1.29, 1.82) is 0 Å². The number of halogens is 2. The van der Waals surface area contributed by atoms with Crippen LogP contribution < -0.4 is 10.4 Å². The number of rotatable bonds is 8. The molecule has 0 aliphatic carbocycles.